The molecule has 0 aliphatic carbocycles. The van der Waals surface area contributed by atoms with Crippen molar-refractivity contribution in [3.63, 3.8) is 0 Å². The first kappa shape index (κ1) is 26.7. The summed E-state index contributed by atoms with van der Waals surface area (Å²) in [5.41, 5.74) is 2.47. The molecule has 2 N–H and O–H groups in total. The van der Waals surface area contributed by atoms with Crippen LogP contribution in [0.3, 0.4) is 0 Å². The smallest absolute Gasteiger partial charge is 0.258 e. The van der Waals surface area contributed by atoms with Crippen LogP contribution in [0, 0.1) is 6.92 Å². The van der Waals surface area contributed by atoms with Gasteiger partial charge in [-0.15, -0.1) is 0 Å². The van der Waals surface area contributed by atoms with Crippen LogP contribution in [0.15, 0.2) is 99.3 Å². The molecular weight excluding hydrogens is 472 g/mol. The van der Waals surface area contributed by atoms with Crippen molar-refractivity contribution in [3.8, 4) is 0 Å². The number of hydrogen-bond acceptors (Lipinski definition) is 8. The van der Waals surface area contributed by atoms with Crippen LogP contribution in [0.25, 0.3) is 0 Å². The molecule has 3 rings (SSSR count). The van der Waals surface area contributed by atoms with Gasteiger partial charge in [-0.25, -0.2) is 0 Å². The summed E-state index contributed by atoms with van der Waals surface area (Å²) in [6, 6.07) is 19.6. The molecule has 0 aliphatic rings. The number of hydrogen-bond donors (Lipinski definition) is 2. The first-order valence-electron chi connectivity index (χ1n) is 11.4. The summed E-state index contributed by atoms with van der Waals surface area (Å²) in [4.78, 5) is 49.4. The lowest BCUT2D eigenvalue weighted by Crippen LogP contribution is -2.32. The molecule has 3 aromatic rings. The topological polar surface area (TPSA) is 142 Å². The maximum Gasteiger partial charge on any atom is 0.258 e. The van der Waals surface area contributed by atoms with Gasteiger partial charge in [-0.05, 0) is 68.8 Å². The van der Waals surface area contributed by atoms with Gasteiger partial charge in [0.05, 0.1) is 11.4 Å². The third-order valence-corrected chi connectivity index (χ3v) is 5.11. The van der Waals surface area contributed by atoms with E-state index in [4.69, 9.17) is 0 Å². The number of carbonyl (C=O) groups is 4. The number of nitrogens with one attached hydrogen (secondary N) is 2. The van der Waals surface area contributed by atoms with E-state index in [2.05, 4.69) is 31.1 Å². The van der Waals surface area contributed by atoms with Crippen LogP contribution in [0.1, 0.15) is 19.4 Å². The highest BCUT2D eigenvalue weighted by Crippen LogP contribution is 2.21. The second-order valence-electron chi connectivity index (χ2n) is 8.14. The SMILES string of the molecule is CC(=O)C(N=Nc1ccccc1)C(=O)Nc1ccc(NC(=O)C(N=Nc2ccccc2)C(C)=O)c(C)c1. The van der Waals surface area contributed by atoms with Crippen LogP contribution < -0.4 is 10.6 Å². The minimum Gasteiger partial charge on any atom is -0.324 e. The molecule has 2 amide bonds. The largest absolute Gasteiger partial charge is 0.324 e. The Hall–Kier alpha value is -4.86. The second-order valence-corrected chi connectivity index (χ2v) is 8.14. The van der Waals surface area contributed by atoms with Crippen molar-refractivity contribution in [2.75, 3.05) is 10.6 Å². The van der Waals surface area contributed by atoms with Crippen LogP contribution in [-0.4, -0.2) is 35.5 Å². The van der Waals surface area contributed by atoms with Gasteiger partial charge in [0.1, 0.15) is 0 Å². The van der Waals surface area contributed by atoms with Gasteiger partial charge < -0.3 is 10.6 Å². The Kier molecular flexibility index (Phi) is 9.20. The van der Waals surface area contributed by atoms with Crippen LogP contribution >= 0.6 is 0 Å². The number of Topliss-reactive ketones (excluding diaryl/α,β-unsaturated/α-hetero) is 2. The minimum atomic E-state index is -1.31. The van der Waals surface area contributed by atoms with E-state index in [1.807, 2.05) is 12.1 Å². The standard InChI is InChI=1S/C27H26N6O4/c1-17-16-22(28-26(36)24(18(2)34)32-30-20-10-6-4-7-11-20)14-15-23(17)29-27(37)25(19(3)35)33-31-21-12-8-5-9-13-21/h4-16,24-25H,1-3H3,(H,28,36)(H,29,37). The van der Waals surface area contributed by atoms with Crippen LogP contribution in [0.2, 0.25) is 0 Å². The summed E-state index contributed by atoms with van der Waals surface area (Å²) >= 11 is 0. The molecule has 10 heteroatoms. The van der Waals surface area contributed by atoms with Crippen molar-refractivity contribution in [2.45, 2.75) is 32.9 Å². The molecule has 0 bridgehead atoms. The summed E-state index contributed by atoms with van der Waals surface area (Å²) in [5, 5.41) is 21.1. The molecule has 0 fully saturated rings. The zero-order valence-electron chi connectivity index (χ0n) is 20.6. The Morgan fingerprint density at radius 3 is 1.54 bits per heavy atom. The fraction of sp³-hybridized carbons (Fsp3) is 0.185. The van der Waals surface area contributed by atoms with E-state index >= 15 is 0 Å². The van der Waals surface area contributed by atoms with Gasteiger partial charge in [0, 0.05) is 11.4 Å². The van der Waals surface area contributed by atoms with E-state index < -0.39 is 35.5 Å². The van der Waals surface area contributed by atoms with Crippen LogP contribution in [-0.2, 0) is 19.2 Å². The molecule has 188 valence electrons. The average molecular weight is 499 g/mol. The number of carbonyl (C=O) groups excluding carboxylic acids is 4. The Bertz CT molecular complexity index is 1340. The van der Waals surface area contributed by atoms with E-state index in [-0.39, 0.29) is 0 Å². The first-order valence-corrected chi connectivity index (χ1v) is 11.4. The fourth-order valence-corrected chi connectivity index (χ4v) is 3.17. The van der Waals surface area contributed by atoms with Gasteiger partial charge in [0.25, 0.3) is 11.8 Å². The minimum absolute atomic E-state index is 0.397. The molecule has 0 aromatic heterocycles. The number of aryl methyl sites for hydroxylation is 1. The van der Waals surface area contributed by atoms with Gasteiger partial charge in [0.2, 0.25) is 12.1 Å². The van der Waals surface area contributed by atoms with E-state index in [0.717, 1.165) is 0 Å². The lowest BCUT2D eigenvalue weighted by atomic mass is 10.1. The summed E-state index contributed by atoms with van der Waals surface area (Å²) < 4.78 is 0. The van der Waals surface area contributed by atoms with Gasteiger partial charge in [-0.2, -0.15) is 20.5 Å². The van der Waals surface area contributed by atoms with Crippen molar-refractivity contribution in [1.82, 2.24) is 0 Å². The molecule has 0 radical (unpaired) electrons. The summed E-state index contributed by atoms with van der Waals surface area (Å²) in [6.45, 7) is 4.25. The number of ketones is 2. The number of rotatable bonds is 10. The summed E-state index contributed by atoms with van der Waals surface area (Å²) in [5.74, 6) is -2.19. The van der Waals surface area contributed by atoms with Crippen molar-refractivity contribution >= 4 is 46.1 Å². The van der Waals surface area contributed by atoms with Gasteiger partial charge >= 0.3 is 0 Å². The maximum absolute atomic E-state index is 12.7. The predicted molar refractivity (Wildman–Crippen MR) is 139 cm³/mol. The molecule has 0 spiro atoms. The molecule has 10 nitrogen and oxygen atoms in total. The highest BCUT2D eigenvalue weighted by Gasteiger charge is 2.25. The highest BCUT2D eigenvalue weighted by atomic mass is 16.2. The van der Waals surface area contributed by atoms with E-state index in [0.29, 0.717) is 28.3 Å². The van der Waals surface area contributed by atoms with Crippen LogP contribution in [0.5, 0.6) is 0 Å². The molecule has 37 heavy (non-hydrogen) atoms. The second kappa shape index (κ2) is 12.7. The average Bonchev–Trinajstić information content (AvgIpc) is 2.87. The third-order valence-electron chi connectivity index (χ3n) is 5.11. The molecule has 2 atom stereocenters. The molecule has 0 aliphatic heterocycles. The third kappa shape index (κ3) is 7.82. The molecule has 3 aromatic carbocycles. The Morgan fingerprint density at radius 1 is 0.649 bits per heavy atom. The maximum atomic E-state index is 12.7. The van der Waals surface area contributed by atoms with Crippen molar-refractivity contribution in [1.29, 1.82) is 0 Å². The molecule has 0 saturated carbocycles. The normalized spacial score (nSPS) is 12.7. The molecule has 0 heterocycles. The lowest BCUT2D eigenvalue weighted by molar-refractivity contribution is -0.127. The molecular formula is C27H26N6O4. The first-order chi connectivity index (χ1) is 17.7. The van der Waals surface area contributed by atoms with E-state index in [1.165, 1.54) is 13.8 Å². The fourth-order valence-electron chi connectivity index (χ4n) is 3.17. The van der Waals surface area contributed by atoms with Gasteiger partial charge in [-0.3, -0.25) is 19.2 Å². The zero-order chi connectivity index (χ0) is 26.8. The van der Waals surface area contributed by atoms with Gasteiger partial charge in [-0.1, -0.05) is 36.4 Å². The highest BCUT2D eigenvalue weighted by molar-refractivity contribution is 6.11. The monoisotopic (exact) mass is 498 g/mol. The lowest BCUT2D eigenvalue weighted by Gasteiger charge is -2.14. The number of amides is 2. The zero-order valence-corrected chi connectivity index (χ0v) is 20.6. The number of nitrogens with zero attached hydrogens (tertiary/aromatic N) is 4. The quantitative estimate of drug-likeness (QED) is 0.287. The van der Waals surface area contributed by atoms with E-state index in [1.54, 1.807) is 73.7 Å². The van der Waals surface area contributed by atoms with Crippen LogP contribution in [0.4, 0.5) is 22.7 Å². The number of benzene rings is 3. The Balaban J connectivity index is 1.68. The summed E-state index contributed by atoms with van der Waals surface area (Å²) in [7, 11) is 0. The Labute approximate surface area is 213 Å². The molecule has 0 saturated heterocycles. The van der Waals surface area contributed by atoms with Gasteiger partial charge in [0.15, 0.2) is 11.6 Å². The number of anilines is 2. The predicted octanol–water partition coefficient (Wildman–Crippen LogP) is 5.36. The molecule has 2 unspecified atom stereocenters. The summed E-state index contributed by atoms with van der Waals surface area (Å²) in [6.07, 6.45) is 0. The van der Waals surface area contributed by atoms with Crippen molar-refractivity contribution < 1.29 is 19.2 Å². The number of azo groups is 2. The van der Waals surface area contributed by atoms with Crippen molar-refractivity contribution in [2.24, 2.45) is 20.5 Å². The Morgan fingerprint density at radius 2 is 1.11 bits per heavy atom. The van der Waals surface area contributed by atoms with Crippen molar-refractivity contribution in [3.05, 3.63) is 84.4 Å². The van der Waals surface area contributed by atoms with E-state index in [9.17, 15) is 19.2 Å².